The van der Waals surface area contributed by atoms with E-state index in [0.29, 0.717) is 22.4 Å². The molecular formula is C18H20ClN3O3. The van der Waals surface area contributed by atoms with Gasteiger partial charge in [0.1, 0.15) is 5.76 Å². The lowest BCUT2D eigenvalue weighted by Gasteiger charge is -2.13. The van der Waals surface area contributed by atoms with Crippen molar-refractivity contribution in [3.05, 3.63) is 52.2 Å². The summed E-state index contributed by atoms with van der Waals surface area (Å²) in [4.78, 5) is 30.5. The third kappa shape index (κ3) is 4.20. The van der Waals surface area contributed by atoms with Crippen molar-refractivity contribution in [3.8, 4) is 0 Å². The summed E-state index contributed by atoms with van der Waals surface area (Å²) in [7, 11) is 0. The average molecular weight is 362 g/mol. The molecule has 0 spiro atoms. The fourth-order valence-corrected chi connectivity index (χ4v) is 3.05. The van der Waals surface area contributed by atoms with Gasteiger partial charge in [-0.1, -0.05) is 29.8 Å². The zero-order chi connectivity index (χ0) is 17.8. The van der Waals surface area contributed by atoms with Gasteiger partial charge >= 0.3 is 0 Å². The molecule has 1 fully saturated rings. The molecule has 0 unspecified atom stereocenters. The number of benzene rings is 1. The monoisotopic (exact) mass is 361 g/mol. The molecule has 0 saturated carbocycles. The molecule has 0 aliphatic carbocycles. The number of nitrogens with zero attached hydrogens (tertiary/aromatic N) is 2. The van der Waals surface area contributed by atoms with Crippen molar-refractivity contribution >= 4 is 23.4 Å². The van der Waals surface area contributed by atoms with E-state index < -0.39 is 0 Å². The molecule has 2 aromatic rings. The van der Waals surface area contributed by atoms with Crippen LogP contribution in [0.4, 0.5) is 0 Å². The summed E-state index contributed by atoms with van der Waals surface area (Å²) in [5, 5.41) is 3.30. The highest BCUT2D eigenvalue weighted by atomic mass is 35.5. The number of hydrogen-bond acceptors (Lipinski definition) is 4. The van der Waals surface area contributed by atoms with Gasteiger partial charge in [-0.2, -0.15) is 0 Å². The van der Waals surface area contributed by atoms with Crippen molar-refractivity contribution in [1.29, 1.82) is 0 Å². The number of oxazole rings is 1. The highest BCUT2D eigenvalue weighted by Gasteiger charge is 2.25. The maximum atomic E-state index is 12.4. The predicted octanol–water partition coefficient (Wildman–Crippen LogP) is 2.73. The smallest absolute Gasteiger partial charge is 0.276 e. The topological polar surface area (TPSA) is 75.4 Å². The molecule has 2 heterocycles. The van der Waals surface area contributed by atoms with Gasteiger partial charge in [-0.3, -0.25) is 9.59 Å². The summed E-state index contributed by atoms with van der Waals surface area (Å²) < 4.78 is 5.52. The van der Waals surface area contributed by atoms with Crippen LogP contribution in [0.15, 0.2) is 28.7 Å². The second-order valence-corrected chi connectivity index (χ2v) is 6.46. The highest BCUT2D eigenvalue weighted by molar-refractivity contribution is 6.31. The molecule has 1 aromatic heterocycles. The first kappa shape index (κ1) is 17.5. The van der Waals surface area contributed by atoms with E-state index >= 15 is 0 Å². The largest absolute Gasteiger partial charge is 0.443 e. The molecule has 0 radical (unpaired) electrons. The molecule has 132 valence electrons. The molecule has 6 nitrogen and oxygen atoms in total. The number of aryl methyl sites for hydroxylation is 1. The fraction of sp³-hybridized carbons (Fsp3) is 0.389. The first-order valence-corrected chi connectivity index (χ1v) is 8.68. The number of hydrogen-bond donors (Lipinski definition) is 1. The molecule has 7 heteroatoms. The fourth-order valence-electron chi connectivity index (χ4n) is 2.85. The van der Waals surface area contributed by atoms with E-state index in [9.17, 15) is 9.59 Å². The lowest BCUT2D eigenvalue weighted by molar-refractivity contribution is -0.120. The first-order chi connectivity index (χ1) is 12.0. The van der Waals surface area contributed by atoms with E-state index in [4.69, 9.17) is 16.0 Å². The maximum Gasteiger partial charge on any atom is 0.276 e. The standard InChI is InChI=1S/C18H20ClN3O3/c1-12-17(18(24)22-8-4-5-9-22)21-16(25-12)11-20-15(23)10-13-6-2-3-7-14(13)19/h2-3,6-7H,4-5,8-11H2,1H3,(H,20,23). The lowest BCUT2D eigenvalue weighted by Crippen LogP contribution is -2.28. The van der Waals surface area contributed by atoms with E-state index in [1.165, 1.54) is 0 Å². The molecule has 0 bridgehead atoms. The van der Waals surface area contributed by atoms with Gasteiger partial charge in [0.15, 0.2) is 5.69 Å². The van der Waals surface area contributed by atoms with Gasteiger partial charge < -0.3 is 14.6 Å². The van der Waals surface area contributed by atoms with Crippen LogP contribution in [0.2, 0.25) is 5.02 Å². The summed E-state index contributed by atoms with van der Waals surface area (Å²) in [6, 6.07) is 7.21. The minimum absolute atomic E-state index is 0.104. The van der Waals surface area contributed by atoms with Gasteiger partial charge in [0.2, 0.25) is 11.8 Å². The summed E-state index contributed by atoms with van der Waals surface area (Å²) in [5.74, 6) is 0.517. The predicted molar refractivity (Wildman–Crippen MR) is 93.4 cm³/mol. The van der Waals surface area contributed by atoms with Gasteiger partial charge in [0.25, 0.3) is 5.91 Å². The number of carbonyl (C=O) groups is 2. The normalized spacial score (nSPS) is 13.9. The summed E-state index contributed by atoms with van der Waals surface area (Å²) >= 11 is 6.05. The quantitative estimate of drug-likeness (QED) is 0.888. The Kier molecular flexibility index (Phi) is 5.38. The Morgan fingerprint density at radius 2 is 2.00 bits per heavy atom. The highest BCUT2D eigenvalue weighted by Crippen LogP contribution is 2.17. The molecule has 1 aromatic carbocycles. The molecule has 0 atom stereocenters. The van der Waals surface area contributed by atoms with Gasteiger partial charge in [0.05, 0.1) is 13.0 Å². The average Bonchev–Trinajstić information content (AvgIpc) is 3.24. The Balaban J connectivity index is 1.58. The Morgan fingerprint density at radius 3 is 2.72 bits per heavy atom. The summed E-state index contributed by atoms with van der Waals surface area (Å²) in [5.41, 5.74) is 1.09. The molecule has 25 heavy (non-hydrogen) atoms. The molecule has 1 N–H and O–H groups in total. The van der Waals surface area contributed by atoms with Crippen LogP contribution >= 0.6 is 11.6 Å². The van der Waals surface area contributed by atoms with E-state index in [2.05, 4.69) is 10.3 Å². The van der Waals surface area contributed by atoms with Crippen molar-refractivity contribution < 1.29 is 14.0 Å². The molecule has 1 aliphatic heterocycles. The van der Waals surface area contributed by atoms with Crippen LogP contribution in [0.1, 0.15) is 40.5 Å². The minimum Gasteiger partial charge on any atom is -0.443 e. The first-order valence-electron chi connectivity index (χ1n) is 8.30. The van der Waals surface area contributed by atoms with Crippen LogP contribution in [0.25, 0.3) is 0 Å². The van der Waals surface area contributed by atoms with Gasteiger partial charge in [-0.05, 0) is 31.4 Å². The summed E-state index contributed by atoms with van der Waals surface area (Å²) in [6.45, 7) is 3.37. The van der Waals surface area contributed by atoms with Crippen LogP contribution < -0.4 is 5.32 Å². The van der Waals surface area contributed by atoms with Crippen LogP contribution in [0.5, 0.6) is 0 Å². The van der Waals surface area contributed by atoms with E-state index in [1.54, 1.807) is 17.9 Å². The Morgan fingerprint density at radius 1 is 1.28 bits per heavy atom. The number of rotatable bonds is 5. The number of amides is 2. The van der Waals surface area contributed by atoms with Crippen molar-refractivity contribution in [1.82, 2.24) is 15.2 Å². The Labute approximate surface area is 151 Å². The van der Waals surface area contributed by atoms with Gasteiger partial charge in [-0.15, -0.1) is 0 Å². The van der Waals surface area contributed by atoms with Crippen LogP contribution in [-0.2, 0) is 17.8 Å². The number of likely N-dealkylation sites (tertiary alicyclic amines) is 1. The van der Waals surface area contributed by atoms with Gasteiger partial charge in [-0.25, -0.2) is 4.98 Å². The second-order valence-electron chi connectivity index (χ2n) is 6.06. The van der Waals surface area contributed by atoms with Crippen molar-refractivity contribution in [2.24, 2.45) is 0 Å². The molecule has 1 aliphatic rings. The third-order valence-electron chi connectivity index (χ3n) is 4.18. The molecule has 1 saturated heterocycles. The van der Waals surface area contributed by atoms with E-state index in [0.717, 1.165) is 31.5 Å². The van der Waals surface area contributed by atoms with Crippen LogP contribution in [0, 0.1) is 6.92 Å². The SMILES string of the molecule is Cc1oc(CNC(=O)Cc2ccccc2Cl)nc1C(=O)N1CCCC1. The Bertz CT molecular complexity index is 782. The van der Waals surface area contributed by atoms with Gasteiger partial charge in [0, 0.05) is 18.1 Å². The van der Waals surface area contributed by atoms with E-state index in [-0.39, 0.29) is 24.8 Å². The maximum absolute atomic E-state index is 12.4. The number of carbonyl (C=O) groups excluding carboxylic acids is 2. The molecule has 2 amide bonds. The number of nitrogens with one attached hydrogen (secondary N) is 1. The van der Waals surface area contributed by atoms with E-state index in [1.807, 2.05) is 18.2 Å². The Hall–Kier alpha value is -2.34. The molecule has 3 rings (SSSR count). The second kappa shape index (κ2) is 7.70. The van der Waals surface area contributed by atoms with Crippen molar-refractivity contribution in [2.45, 2.75) is 32.7 Å². The van der Waals surface area contributed by atoms with Crippen molar-refractivity contribution in [2.75, 3.05) is 13.1 Å². The third-order valence-corrected chi connectivity index (χ3v) is 4.55. The van der Waals surface area contributed by atoms with Crippen LogP contribution in [0.3, 0.4) is 0 Å². The number of halogens is 1. The molecular weight excluding hydrogens is 342 g/mol. The summed E-state index contributed by atoms with van der Waals surface area (Å²) in [6.07, 6.45) is 2.22. The van der Waals surface area contributed by atoms with Crippen molar-refractivity contribution in [3.63, 3.8) is 0 Å². The number of aromatic nitrogens is 1. The zero-order valence-electron chi connectivity index (χ0n) is 14.0. The lowest BCUT2D eigenvalue weighted by atomic mass is 10.1. The zero-order valence-corrected chi connectivity index (χ0v) is 14.8. The van der Waals surface area contributed by atoms with Crippen LogP contribution in [-0.4, -0.2) is 34.8 Å². The minimum atomic E-state index is -0.184.